The number of nitrogens with one attached hydrogen (secondary N) is 1. The molecule has 0 aromatic heterocycles. The largest absolute Gasteiger partial charge is 0.490 e. The highest BCUT2D eigenvalue weighted by molar-refractivity contribution is 6.34. The third kappa shape index (κ3) is 4.09. The number of benzene rings is 1. The molecule has 3 rings (SSSR count). The van der Waals surface area contributed by atoms with Gasteiger partial charge in [-0.3, -0.25) is 9.69 Å². The van der Waals surface area contributed by atoms with Gasteiger partial charge in [0.1, 0.15) is 0 Å². The van der Waals surface area contributed by atoms with Crippen LogP contribution in [-0.2, 0) is 4.79 Å². The Labute approximate surface area is 141 Å². The molecule has 1 amide bonds. The van der Waals surface area contributed by atoms with Crippen molar-refractivity contribution >= 4 is 23.2 Å². The van der Waals surface area contributed by atoms with Crippen LogP contribution in [0.5, 0.6) is 11.5 Å². The number of carbonyl (C=O) groups is 1. The summed E-state index contributed by atoms with van der Waals surface area (Å²) in [5.74, 6) is 1.22. The Morgan fingerprint density at radius 1 is 1.26 bits per heavy atom. The number of nitrogens with zero attached hydrogens (tertiary/aromatic N) is 1. The van der Waals surface area contributed by atoms with Crippen LogP contribution in [0.3, 0.4) is 0 Å². The predicted octanol–water partition coefficient (Wildman–Crippen LogP) is 3.31. The lowest BCUT2D eigenvalue weighted by atomic mass is 10.0. The molecule has 1 atom stereocenters. The van der Waals surface area contributed by atoms with Crippen LogP contribution in [0, 0.1) is 0 Å². The van der Waals surface area contributed by atoms with Gasteiger partial charge >= 0.3 is 0 Å². The normalized spacial score (nSPS) is 21.6. The lowest BCUT2D eigenvalue weighted by Crippen LogP contribution is -2.42. The molecule has 0 aliphatic carbocycles. The van der Waals surface area contributed by atoms with Crippen molar-refractivity contribution in [3.8, 4) is 11.5 Å². The van der Waals surface area contributed by atoms with Gasteiger partial charge in [-0.15, -0.1) is 0 Å². The molecule has 1 fully saturated rings. The molecular formula is C17H23ClN2O3. The van der Waals surface area contributed by atoms with Crippen molar-refractivity contribution in [1.29, 1.82) is 0 Å². The average molecular weight is 339 g/mol. The van der Waals surface area contributed by atoms with Gasteiger partial charge in [0.15, 0.2) is 11.5 Å². The zero-order valence-electron chi connectivity index (χ0n) is 13.4. The minimum Gasteiger partial charge on any atom is -0.490 e. The molecule has 0 saturated carbocycles. The standard InChI is InChI=1S/C17H23ClN2O3/c1-12-5-2-3-6-20(12)11-17(21)19-14-10-16-15(9-13(14)18)22-7-4-8-23-16/h9-10,12H,2-8,11H2,1H3,(H,19,21). The first-order chi connectivity index (χ1) is 11.1. The van der Waals surface area contributed by atoms with Crippen molar-refractivity contribution < 1.29 is 14.3 Å². The maximum absolute atomic E-state index is 12.3. The third-order valence-corrected chi connectivity index (χ3v) is 4.71. The molecule has 126 valence electrons. The molecule has 1 aromatic rings. The summed E-state index contributed by atoms with van der Waals surface area (Å²) >= 11 is 6.27. The zero-order chi connectivity index (χ0) is 16.2. The highest BCUT2D eigenvalue weighted by atomic mass is 35.5. The Kier molecular flexibility index (Phi) is 5.28. The number of hydrogen-bond donors (Lipinski definition) is 1. The second-order valence-electron chi connectivity index (χ2n) is 6.19. The number of likely N-dealkylation sites (tertiary alicyclic amines) is 1. The molecule has 1 aromatic carbocycles. The number of ether oxygens (including phenoxy) is 2. The molecular weight excluding hydrogens is 316 g/mol. The summed E-state index contributed by atoms with van der Waals surface area (Å²) in [6.07, 6.45) is 4.38. The number of fused-ring (bicyclic) bond motifs is 1. The molecule has 0 spiro atoms. The lowest BCUT2D eigenvalue weighted by Gasteiger charge is -2.32. The van der Waals surface area contributed by atoms with Gasteiger partial charge < -0.3 is 14.8 Å². The van der Waals surface area contributed by atoms with Crippen LogP contribution in [0.2, 0.25) is 5.02 Å². The van der Waals surface area contributed by atoms with E-state index in [1.54, 1.807) is 12.1 Å². The molecule has 1 unspecified atom stereocenters. The summed E-state index contributed by atoms with van der Waals surface area (Å²) < 4.78 is 11.2. The van der Waals surface area contributed by atoms with Gasteiger partial charge in [0.05, 0.1) is 30.5 Å². The van der Waals surface area contributed by atoms with Crippen LogP contribution in [0.15, 0.2) is 12.1 Å². The van der Waals surface area contributed by atoms with Gasteiger partial charge in [0, 0.05) is 24.6 Å². The van der Waals surface area contributed by atoms with E-state index < -0.39 is 0 Å². The highest BCUT2D eigenvalue weighted by Crippen LogP contribution is 2.37. The van der Waals surface area contributed by atoms with E-state index in [0.29, 0.717) is 48.0 Å². The molecule has 5 nitrogen and oxygen atoms in total. The first-order valence-electron chi connectivity index (χ1n) is 8.26. The predicted molar refractivity (Wildman–Crippen MR) is 90.6 cm³/mol. The summed E-state index contributed by atoms with van der Waals surface area (Å²) in [4.78, 5) is 14.5. The topological polar surface area (TPSA) is 50.8 Å². The van der Waals surface area contributed by atoms with E-state index >= 15 is 0 Å². The monoisotopic (exact) mass is 338 g/mol. The first-order valence-corrected chi connectivity index (χ1v) is 8.64. The van der Waals surface area contributed by atoms with E-state index in [-0.39, 0.29) is 5.91 Å². The smallest absolute Gasteiger partial charge is 0.238 e. The highest BCUT2D eigenvalue weighted by Gasteiger charge is 2.21. The summed E-state index contributed by atoms with van der Waals surface area (Å²) in [5, 5.41) is 3.37. The van der Waals surface area contributed by atoms with E-state index in [0.717, 1.165) is 25.8 Å². The molecule has 2 aliphatic heterocycles. The summed E-state index contributed by atoms with van der Waals surface area (Å²) in [5.41, 5.74) is 0.575. The molecule has 23 heavy (non-hydrogen) atoms. The van der Waals surface area contributed by atoms with E-state index in [9.17, 15) is 4.79 Å². The van der Waals surface area contributed by atoms with Crippen molar-refractivity contribution in [3.05, 3.63) is 17.2 Å². The first kappa shape index (κ1) is 16.4. The molecule has 2 heterocycles. The van der Waals surface area contributed by atoms with Gasteiger partial charge in [-0.2, -0.15) is 0 Å². The summed E-state index contributed by atoms with van der Waals surface area (Å²) in [6, 6.07) is 3.91. The van der Waals surface area contributed by atoms with E-state index in [1.807, 2.05) is 0 Å². The zero-order valence-corrected chi connectivity index (χ0v) is 14.2. The Morgan fingerprint density at radius 2 is 2.00 bits per heavy atom. The number of carbonyl (C=O) groups excluding carboxylic acids is 1. The average Bonchev–Trinajstić information content (AvgIpc) is 2.75. The van der Waals surface area contributed by atoms with Crippen LogP contribution in [0.25, 0.3) is 0 Å². The van der Waals surface area contributed by atoms with E-state index in [1.165, 1.54) is 6.42 Å². The number of anilines is 1. The van der Waals surface area contributed by atoms with Gasteiger partial charge in [0.2, 0.25) is 5.91 Å². The molecule has 0 radical (unpaired) electrons. The maximum Gasteiger partial charge on any atom is 0.238 e. The fourth-order valence-electron chi connectivity index (χ4n) is 3.05. The van der Waals surface area contributed by atoms with Crippen LogP contribution >= 0.6 is 11.6 Å². The number of halogens is 1. The lowest BCUT2D eigenvalue weighted by molar-refractivity contribution is -0.118. The minimum atomic E-state index is -0.0462. The molecule has 1 saturated heterocycles. The Hall–Kier alpha value is -1.46. The van der Waals surface area contributed by atoms with Gasteiger partial charge in [0.25, 0.3) is 0 Å². The number of amides is 1. The van der Waals surface area contributed by atoms with Gasteiger partial charge in [-0.25, -0.2) is 0 Å². The Balaban J connectivity index is 1.67. The number of hydrogen-bond acceptors (Lipinski definition) is 4. The SMILES string of the molecule is CC1CCCCN1CC(=O)Nc1cc2c(cc1Cl)OCCCO2. The van der Waals surface area contributed by atoms with E-state index in [4.69, 9.17) is 21.1 Å². The van der Waals surface area contributed by atoms with Gasteiger partial charge in [-0.1, -0.05) is 18.0 Å². The van der Waals surface area contributed by atoms with Crippen LogP contribution in [0.1, 0.15) is 32.6 Å². The van der Waals surface area contributed by atoms with Crippen LogP contribution in [-0.4, -0.2) is 43.2 Å². The van der Waals surface area contributed by atoms with Crippen LogP contribution in [0.4, 0.5) is 5.69 Å². The maximum atomic E-state index is 12.3. The van der Waals surface area contributed by atoms with Gasteiger partial charge in [-0.05, 0) is 26.3 Å². The van der Waals surface area contributed by atoms with E-state index in [2.05, 4.69) is 17.1 Å². The molecule has 0 bridgehead atoms. The van der Waals surface area contributed by atoms with Crippen molar-refractivity contribution in [2.45, 2.75) is 38.6 Å². The fraction of sp³-hybridized carbons (Fsp3) is 0.588. The minimum absolute atomic E-state index is 0.0462. The second kappa shape index (κ2) is 7.41. The molecule has 1 N–H and O–H groups in total. The summed E-state index contributed by atoms with van der Waals surface area (Å²) in [7, 11) is 0. The summed E-state index contributed by atoms with van der Waals surface area (Å²) in [6.45, 7) is 4.76. The quantitative estimate of drug-likeness (QED) is 0.918. The number of rotatable bonds is 3. The van der Waals surface area contributed by atoms with Crippen molar-refractivity contribution in [2.75, 3.05) is 31.6 Å². The fourth-order valence-corrected chi connectivity index (χ4v) is 3.25. The Morgan fingerprint density at radius 3 is 2.74 bits per heavy atom. The third-order valence-electron chi connectivity index (χ3n) is 4.40. The Bertz CT molecular complexity index is 579. The van der Waals surface area contributed by atoms with Crippen molar-refractivity contribution in [1.82, 2.24) is 4.90 Å². The number of piperidine rings is 1. The molecule has 2 aliphatic rings. The van der Waals surface area contributed by atoms with Crippen LogP contribution < -0.4 is 14.8 Å². The molecule has 6 heteroatoms. The second-order valence-corrected chi connectivity index (χ2v) is 6.60. The van der Waals surface area contributed by atoms with Crippen molar-refractivity contribution in [2.24, 2.45) is 0 Å². The van der Waals surface area contributed by atoms with Crippen molar-refractivity contribution in [3.63, 3.8) is 0 Å².